The average molecular weight is 377 g/mol. The van der Waals surface area contributed by atoms with E-state index in [1.54, 1.807) is 24.7 Å². The van der Waals surface area contributed by atoms with Crippen molar-refractivity contribution in [1.29, 1.82) is 0 Å². The van der Waals surface area contributed by atoms with E-state index in [0.717, 1.165) is 5.56 Å². The van der Waals surface area contributed by atoms with E-state index in [0.29, 0.717) is 12.2 Å². The number of amides is 3. The van der Waals surface area contributed by atoms with Gasteiger partial charge in [0, 0.05) is 13.5 Å². The lowest BCUT2D eigenvalue weighted by atomic mass is 10.0. The molecule has 0 aliphatic heterocycles. The molecule has 0 bridgehead atoms. The van der Waals surface area contributed by atoms with Gasteiger partial charge in [0.1, 0.15) is 11.8 Å². The molecule has 1 aromatic carbocycles. The van der Waals surface area contributed by atoms with Crippen molar-refractivity contribution in [3.05, 3.63) is 29.8 Å². The molecule has 0 radical (unpaired) electrons. The first-order valence-electron chi connectivity index (χ1n) is 8.92. The number of rotatable bonds is 8. The van der Waals surface area contributed by atoms with Crippen LogP contribution in [0.15, 0.2) is 24.3 Å². The van der Waals surface area contributed by atoms with Crippen molar-refractivity contribution in [3.63, 3.8) is 0 Å². The summed E-state index contributed by atoms with van der Waals surface area (Å²) < 4.78 is 5.12. The zero-order valence-electron chi connectivity index (χ0n) is 16.0. The van der Waals surface area contributed by atoms with E-state index in [4.69, 9.17) is 9.94 Å². The van der Waals surface area contributed by atoms with E-state index in [9.17, 15) is 14.4 Å². The molecule has 0 heterocycles. The first kappa shape index (κ1) is 20.7. The molecule has 0 unspecified atom stereocenters. The summed E-state index contributed by atoms with van der Waals surface area (Å²) in [5, 5.41) is 14.2. The van der Waals surface area contributed by atoms with Crippen LogP contribution in [0, 0.1) is 23.7 Å². The molecule has 4 N–H and O–H groups in total. The van der Waals surface area contributed by atoms with Crippen LogP contribution in [0.1, 0.15) is 19.4 Å². The molecule has 1 aromatic rings. The molecule has 27 heavy (non-hydrogen) atoms. The van der Waals surface area contributed by atoms with Gasteiger partial charge in [0.05, 0.1) is 18.9 Å². The van der Waals surface area contributed by atoms with E-state index in [1.807, 2.05) is 26.0 Å². The lowest BCUT2D eigenvalue weighted by Crippen LogP contribution is -2.48. The van der Waals surface area contributed by atoms with Crippen LogP contribution in [-0.2, 0) is 20.8 Å². The first-order valence-corrected chi connectivity index (χ1v) is 8.92. The summed E-state index contributed by atoms with van der Waals surface area (Å²) in [6, 6.07) is 6.47. The molecule has 8 heteroatoms. The number of hydrogen-bond donors (Lipinski definition) is 4. The van der Waals surface area contributed by atoms with Gasteiger partial charge in [-0.15, -0.1) is 0 Å². The van der Waals surface area contributed by atoms with E-state index in [2.05, 4.69) is 10.6 Å². The molecule has 3 amide bonds. The maximum atomic E-state index is 12.7. The standard InChI is InChI=1S/C19H27N3O5/c1-10(2)14-15(16(14)19(25)22-26)18(24)21-13(17(23)20-3)9-11-5-7-12(27-4)8-6-11/h5-8,10,13-16,26H,9H2,1-4H3,(H,20,23)(H,21,24)(H,22,25)/t13-,14+,15+,16+/m0/s1. The van der Waals surface area contributed by atoms with Gasteiger partial charge >= 0.3 is 0 Å². The Morgan fingerprint density at radius 1 is 1.11 bits per heavy atom. The Morgan fingerprint density at radius 2 is 1.70 bits per heavy atom. The minimum absolute atomic E-state index is 0.100. The smallest absolute Gasteiger partial charge is 0.247 e. The highest BCUT2D eigenvalue weighted by atomic mass is 16.5. The van der Waals surface area contributed by atoms with Gasteiger partial charge in [0.25, 0.3) is 0 Å². The van der Waals surface area contributed by atoms with Gasteiger partial charge < -0.3 is 15.4 Å². The van der Waals surface area contributed by atoms with Crippen molar-refractivity contribution in [1.82, 2.24) is 16.1 Å². The average Bonchev–Trinajstić information content (AvgIpc) is 3.43. The van der Waals surface area contributed by atoms with Gasteiger partial charge in [0.15, 0.2) is 0 Å². The highest BCUT2D eigenvalue weighted by molar-refractivity contribution is 5.95. The fourth-order valence-electron chi connectivity index (χ4n) is 3.56. The monoisotopic (exact) mass is 377 g/mol. The Labute approximate surface area is 158 Å². The number of hydroxylamine groups is 1. The molecule has 0 aromatic heterocycles. The summed E-state index contributed by atoms with van der Waals surface area (Å²) in [7, 11) is 3.08. The highest BCUT2D eigenvalue weighted by Crippen LogP contribution is 2.51. The van der Waals surface area contributed by atoms with Gasteiger partial charge in [0.2, 0.25) is 17.7 Å². The Morgan fingerprint density at radius 3 is 2.19 bits per heavy atom. The van der Waals surface area contributed by atoms with Crippen LogP contribution in [0.4, 0.5) is 0 Å². The maximum absolute atomic E-state index is 12.7. The summed E-state index contributed by atoms with van der Waals surface area (Å²) in [6.45, 7) is 3.84. The van der Waals surface area contributed by atoms with Crippen LogP contribution in [0.3, 0.4) is 0 Å². The number of likely N-dealkylation sites (N-methyl/N-ethyl adjacent to an activating group) is 1. The summed E-state index contributed by atoms with van der Waals surface area (Å²) >= 11 is 0. The fraction of sp³-hybridized carbons (Fsp3) is 0.526. The van der Waals surface area contributed by atoms with Gasteiger partial charge in [-0.3, -0.25) is 19.6 Å². The number of carbonyl (C=O) groups is 3. The quantitative estimate of drug-likeness (QED) is 0.389. The van der Waals surface area contributed by atoms with E-state index in [-0.39, 0.29) is 23.7 Å². The fourth-order valence-corrected chi connectivity index (χ4v) is 3.56. The Bertz CT molecular complexity index is 689. The molecule has 1 saturated carbocycles. The van der Waals surface area contributed by atoms with Crippen LogP contribution in [0.25, 0.3) is 0 Å². The second-order valence-electron chi connectivity index (χ2n) is 7.08. The number of carbonyl (C=O) groups excluding carboxylic acids is 3. The Hall–Kier alpha value is -2.61. The SMILES string of the molecule is CNC(=O)[C@H](Cc1ccc(OC)cc1)NC(=O)[C@H]1[C@H](C(=O)NO)[C@@H]1C(C)C. The summed E-state index contributed by atoms with van der Waals surface area (Å²) in [5.41, 5.74) is 2.49. The Kier molecular flexibility index (Phi) is 6.79. The summed E-state index contributed by atoms with van der Waals surface area (Å²) in [6.07, 6.45) is 0.311. The second kappa shape index (κ2) is 8.85. The molecule has 1 aliphatic rings. The summed E-state index contributed by atoms with van der Waals surface area (Å²) in [4.78, 5) is 36.7. The van der Waals surface area contributed by atoms with Gasteiger partial charge in [-0.25, -0.2) is 5.48 Å². The molecule has 1 fully saturated rings. The molecule has 8 nitrogen and oxygen atoms in total. The molecular weight excluding hydrogens is 350 g/mol. The van der Waals surface area contributed by atoms with Crippen molar-refractivity contribution in [3.8, 4) is 5.75 Å². The third-order valence-electron chi connectivity index (χ3n) is 5.04. The number of methoxy groups -OCH3 is 1. The van der Waals surface area contributed by atoms with Crippen LogP contribution in [0.5, 0.6) is 5.75 Å². The molecular formula is C19H27N3O5. The predicted octanol–water partition coefficient (Wildman–Crippen LogP) is 0.492. The normalized spacial score (nSPS) is 21.9. The molecule has 148 valence electrons. The van der Waals surface area contributed by atoms with Crippen molar-refractivity contribution in [2.75, 3.05) is 14.2 Å². The summed E-state index contributed by atoms with van der Waals surface area (Å²) in [5.74, 6) is -1.74. The van der Waals surface area contributed by atoms with E-state index in [1.165, 1.54) is 7.05 Å². The van der Waals surface area contributed by atoms with Crippen LogP contribution in [0.2, 0.25) is 0 Å². The zero-order chi connectivity index (χ0) is 20.1. The molecule has 0 spiro atoms. The zero-order valence-corrected chi connectivity index (χ0v) is 16.0. The van der Waals surface area contributed by atoms with Gasteiger partial charge in [-0.05, 0) is 29.5 Å². The minimum Gasteiger partial charge on any atom is -0.497 e. The minimum atomic E-state index is -0.762. The van der Waals surface area contributed by atoms with Crippen LogP contribution >= 0.6 is 0 Å². The molecule has 4 atom stereocenters. The number of nitrogens with one attached hydrogen (secondary N) is 3. The van der Waals surface area contributed by atoms with Crippen molar-refractivity contribution in [2.24, 2.45) is 23.7 Å². The lowest BCUT2D eigenvalue weighted by Gasteiger charge is -2.18. The third kappa shape index (κ3) is 4.77. The third-order valence-corrected chi connectivity index (χ3v) is 5.04. The number of benzene rings is 1. The van der Waals surface area contributed by atoms with Crippen LogP contribution < -0.4 is 20.9 Å². The number of ether oxygens (including phenoxy) is 1. The number of hydrogen-bond acceptors (Lipinski definition) is 5. The molecule has 0 saturated heterocycles. The largest absolute Gasteiger partial charge is 0.497 e. The maximum Gasteiger partial charge on any atom is 0.247 e. The first-order chi connectivity index (χ1) is 12.8. The topological polar surface area (TPSA) is 117 Å². The van der Waals surface area contributed by atoms with Crippen molar-refractivity contribution < 1.29 is 24.3 Å². The molecule has 1 aliphatic carbocycles. The molecule has 2 rings (SSSR count). The van der Waals surface area contributed by atoms with E-state index >= 15 is 0 Å². The van der Waals surface area contributed by atoms with Crippen molar-refractivity contribution >= 4 is 17.7 Å². The van der Waals surface area contributed by atoms with Gasteiger partial charge in [-0.2, -0.15) is 0 Å². The highest BCUT2D eigenvalue weighted by Gasteiger charge is 2.60. The predicted molar refractivity (Wildman–Crippen MR) is 97.9 cm³/mol. The Balaban J connectivity index is 2.09. The van der Waals surface area contributed by atoms with Crippen LogP contribution in [-0.4, -0.2) is 43.1 Å². The van der Waals surface area contributed by atoms with E-state index < -0.39 is 23.8 Å². The second-order valence-corrected chi connectivity index (χ2v) is 7.08. The van der Waals surface area contributed by atoms with Crippen molar-refractivity contribution in [2.45, 2.75) is 26.3 Å². The van der Waals surface area contributed by atoms with Gasteiger partial charge in [-0.1, -0.05) is 26.0 Å². The lowest BCUT2D eigenvalue weighted by molar-refractivity contribution is -0.133.